The zero-order chi connectivity index (χ0) is 32.5. The minimum Gasteiger partial charge on any atom is -0.496 e. The highest BCUT2D eigenvalue weighted by Crippen LogP contribution is 2.38. The van der Waals surface area contributed by atoms with E-state index in [1.54, 1.807) is 67.4 Å². The fourth-order valence-electron chi connectivity index (χ4n) is 4.74. The number of hydrogen-bond acceptors (Lipinski definition) is 11. The fourth-order valence-corrected chi connectivity index (χ4v) is 6.25. The number of esters is 1. The summed E-state index contributed by atoms with van der Waals surface area (Å²) in [5, 5.41) is 7.97. The lowest BCUT2D eigenvalue weighted by Gasteiger charge is -2.16. The molecule has 0 N–H and O–H groups in total. The lowest BCUT2D eigenvalue weighted by molar-refractivity contribution is -0.175. The van der Waals surface area contributed by atoms with E-state index in [1.807, 2.05) is 11.4 Å². The van der Waals surface area contributed by atoms with E-state index in [9.17, 15) is 13.6 Å². The van der Waals surface area contributed by atoms with Crippen LogP contribution < -0.4 is 14.2 Å². The Morgan fingerprint density at radius 3 is 2.53 bits per heavy atom. The largest absolute Gasteiger partial charge is 0.496 e. The molecule has 0 unspecified atom stereocenters. The van der Waals surface area contributed by atoms with Gasteiger partial charge in [-0.05, 0) is 23.0 Å². The highest BCUT2D eigenvalue weighted by Gasteiger charge is 2.42. The smallest absolute Gasteiger partial charge is 0.382 e. The maximum Gasteiger partial charge on any atom is 0.382 e. The average Bonchev–Trinajstić information content (AvgIpc) is 3.89. The predicted octanol–water partition coefficient (Wildman–Crippen LogP) is 7.76. The normalized spacial score (nSPS) is 11.7. The molecule has 47 heavy (non-hydrogen) atoms. The Kier molecular flexibility index (Phi) is 8.03. The first-order chi connectivity index (χ1) is 22.8. The molecule has 0 aliphatic rings. The first-order valence-electron chi connectivity index (χ1n) is 14.1. The zero-order valence-electron chi connectivity index (χ0n) is 24.8. The van der Waals surface area contributed by atoms with Crippen molar-refractivity contribution in [1.82, 2.24) is 19.6 Å². The van der Waals surface area contributed by atoms with Crippen LogP contribution in [-0.4, -0.2) is 39.8 Å². The van der Waals surface area contributed by atoms with Gasteiger partial charge in [0.25, 0.3) is 5.19 Å². The summed E-state index contributed by atoms with van der Waals surface area (Å²) in [6.07, 6.45) is 1.76. The van der Waals surface area contributed by atoms with Crippen molar-refractivity contribution in [1.29, 1.82) is 0 Å². The number of benzene rings is 3. The summed E-state index contributed by atoms with van der Waals surface area (Å²) >= 11 is 2.66. The van der Waals surface area contributed by atoms with Crippen molar-refractivity contribution in [3.8, 4) is 38.7 Å². The van der Waals surface area contributed by atoms with Gasteiger partial charge in [0, 0.05) is 28.6 Å². The monoisotopic (exact) mass is 674 g/mol. The molecule has 0 amide bonds. The van der Waals surface area contributed by atoms with Crippen molar-refractivity contribution in [3.05, 3.63) is 101 Å². The summed E-state index contributed by atoms with van der Waals surface area (Å²) in [5.41, 5.74) is 2.56. The number of fused-ring (bicyclic) bond motifs is 2. The molecule has 14 heteroatoms. The van der Waals surface area contributed by atoms with Gasteiger partial charge < -0.3 is 23.4 Å². The van der Waals surface area contributed by atoms with E-state index in [0.717, 1.165) is 5.39 Å². The second-order valence-corrected chi connectivity index (χ2v) is 12.0. The molecular formula is C33H24F2N4O6S2. The molecule has 7 aromatic rings. The number of hydrogen-bond donors (Lipinski definition) is 0. The summed E-state index contributed by atoms with van der Waals surface area (Å²) in [5.74, 6) is -3.81. The van der Waals surface area contributed by atoms with E-state index in [4.69, 9.17) is 23.4 Å². The summed E-state index contributed by atoms with van der Waals surface area (Å²) in [4.78, 5) is 22.1. The second kappa shape index (κ2) is 12.5. The second-order valence-electron chi connectivity index (χ2n) is 10.2. The van der Waals surface area contributed by atoms with E-state index in [2.05, 4.69) is 15.1 Å². The molecule has 0 spiro atoms. The van der Waals surface area contributed by atoms with Crippen LogP contribution in [0.5, 0.6) is 16.7 Å². The molecule has 0 aliphatic carbocycles. The molecule has 0 bridgehead atoms. The van der Waals surface area contributed by atoms with Gasteiger partial charge in [0.2, 0.25) is 4.96 Å². The Morgan fingerprint density at radius 1 is 0.979 bits per heavy atom. The number of furan rings is 1. The third-order valence-electron chi connectivity index (χ3n) is 7.15. The number of halogens is 2. The number of ether oxygens (including phenoxy) is 4. The first-order valence-corrected chi connectivity index (χ1v) is 15.8. The van der Waals surface area contributed by atoms with Crippen molar-refractivity contribution in [3.63, 3.8) is 0 Å². The van der Waals surface area contributed by atoms with Crippen LogP contribution in [0.4, 0.5) is 8.78 Å². The minimum atomic E-state index is -3.80. The third kappa shape index (κ3) is 6.12. The van der Waals surface area contributed by atoms with E-state index in [1.165, 1.54) is 46.9 Å². The number of carbonyl (C=O) groups is 1. The van der Waals surface area contributed by atoms with Crippen LogP contribution in [-0.2, 0) is 28.7 Å². The van der Waals surface area contributed by atoms with E-state index < -0.39 is 17.5 Å². The molecule has 10 nitrogen and oxygen atoms in total. The zero-order valence-corrected chi connectivity index (χ0v) is 26.4. The van der Waals surface area contributed by atoms with Gasteiger partial charge in [-0.2, -0.15) is 8.78 Å². The average molecular weight is 675 g/mol. The van der Waals surface area contributed by atoms with Crippen LogP contribution in [0.1, 0.15) is 16.8 Å². The number of imidazole rings is 1. The van der Waals surface area contributed by atoms with Gasteiger partial charge in [-0.15, -0.1) is 16.4 Å². The summed E-state index contributed by atoms with van der Waals surface area (Å²) in [7, 11) is 3.11. The number of aromatic nitrogens is 4. The molecule has 0 atom stereocenters. The summed E-state index contributed by atoms with van der Waals surface area (Å²) in [6.45, 7) is -0.107. The molecular weight excluding hydrogens is 651 g/mol. The molecule has 0 radical (unpaired) electrons. The van der Waals surface area contributed by atoms with Crippen LogP contribution in [0.25, 0.3) is 38.0 Å². The van der Waals surface area contributed by atoms with Crippen molar-refractivity contribution in [2.45, 2.75) is 19.1 Å². The predicted molar refractivity (Wildman–Crippen MR) is 171 cm³/mol. The van der Waals surface area contributed by atoms with Gasteiger partial charge in [0.15, 0.2) is 5.76 Å². The summed E-state index contributed by atoms with van der Waals surface area (Å²) < 4.78 is 59.1. The minimum absolute atomic E-state index is 0.132. The quantitative estimate of drug-likeness (QED) is 0.127. The van der Waals surface area contributed by atoms with E-state index in [0.29, 0.717) is 60.5 Å². The molecule has 4 heterocycles. The number of carbonyl (C=O) groups excluding carboxylic acids is 1. The van der Waals surface area contributed by atoms with Gasteiger partial charge in [0.05, 0.1) is 31.5 Å². The topological polar surface area (TPSA) is 110 Å². The number of methoxy groups -OCH3 is 2. The number of nitrogens with zero attached hydrogens (tertiary/aromatic N) is 4. The van der Waals surface area contributed by atoms with Crippen LogP contribution in [0.2, 0.25) is 0 Å². The van der Waals surface area contributed by atoms with Crippen LogP contribution >= 0.6 is 22.7 Å². The van der Waals surface area contributed by atoms with Gasteiger partial charge in [-0.25, -0.2) is 19.3 Å². The number of thiazole rings is 1. The first kappa shape index (κ1) is 30.3. The Bertz CT molecular complexity index is 2160. The van der Waals surface area contributed by atoms with Crippen LogP contribution in [0.15, 0.2) is 88.8 Å². The van der Waals surface area contributed by atoms with Crippen molar-refractivity contribution >= 4 is 44.6 Å². The molecule has 4 aromatic heterocycles. The molecule has 3 aromatic carbocycles. The standard InChI is InChI=1S/C33H24F2N4O6S2/c1-41-23-12-26(24-14-28(45-27(24)13-23)25-15-39-31(37-25)47-32(38-39)42-2)43-17-22-18-46-29(36-22)20-8-10-21(11-9-20)33(34,35)30(40)44-16-19-6-4-3-5-7-19/h3-15,18H,16-17H2,1-2H3. The van der Waals surface area contributed by atoms with Gasteiger partial charge in [-0.1, -0.05) is 54.6 Å². The Labute approximate surface area is 273 Å². The van der Waals surface area contributed by atoms with Gasteiger partial charge in [0.1, 0.15) is 41.0 Å². The maximum atomic E-state index is 14.8. The Hall–Kier alpha value is -5.34. The maximum absolute atomic E-state index is 14.8. The molecule has 0 aliphatic heterocycles. The molecule has 238 valence electrons. The third-order valence-corrected chi connectivity index (χ3v) is 8.98. The van der Waals surface area contributed by atoms with Gasteiger partial charge in [-0.3, -0.25) is 0 Å². The number of alkyl halides is 2. The van der Waals surface area contributed by atoms with Crippen molar-refractivity contribution in [2.24, 2.45) is 0 Å². The molecule has 7 rings (SSSR count). The Morgan fingerprint density at radius 2 is 1.79 bits per heavy atom. The Balaban J connectivity index is 1.04. The lowest BCUT2D eigenvalue weighted by Crippen LogP contribution is -2.28. The van der Waals surface area contributed by atoms with E-state index >= 15 is 0 Å². The number of rotatable bonds is 11. The van der Waals surface area contributed by atoms with Gasteiger partial charge >= 0.3 is 11.9 Å². The fraction of sp³-hybridized carbons (Fsp3) is 0.152. The summed E-state index contributed by atoms with van der Waals surface area (Å²) in [6, 6.07) is 19.4. The van der Waals surface area contributed by atoms with E-state index in [-0.39, 0.29) is 13.2 Å². The SMILES string of the molecule is COc1cc(OCc2csc(-c3ccc(C(F)(F)C(=O)OCc4ccccc4)cc3)n2)c2cc(-c3cn4nc(OC)sc4n3)oc2c1. The van der Waals surface area contributed by atoms with Crippen molar-refractivity contribution in [2.75, 3.05) is 14.2 Å². The molecule has 0 fully saturated rings. The molecule has 0 saturated heterocycles. The van der Waals surface area contributed by atoms with Crippen LogP contribution in [0, 0.1) is 0 Å². The lowest BCUT2D eigenvalue weighted by atomic mass is 10.1. The highest BCUT2D eigenvalue weighted by atomic mass is 32.1. The highest BCUT2D eigenvalue weighted by molar-refractivity contribution is 7.18. The van der Waals surface area contributed by atoms with Crippen molar-refractivity contribution < 1.29 is 36.9 Å². The van der Waals surface area contributed by atoms with Crippen LogP contribution in [0.3, 0.4) is 0 Å². The molecule has 0 saturated carbocycles.